The van der Waals surface area contributed by atoms with Crippen LogP contribution in [0, 0.1) is 5.82 Å². The van der Waals surface area contributed by atoms with Crippen LogP contribution >= 0.6 is 11.8 Å². The van der Waals surface area contributed by atoms with Crippen molar-refractivity contribution in [3.63, 3.8) is 0 Å². The van der Waals surface area contributed by atoms with Gasteiger partial charge in [0.15, 0.2) is 5.16 Å². The summed E-state index contributed by atoms with van der Waals surface area (Å²) in [5.74, 6) is -0.489. The Morgan fingerprint density at radius 2 is 2.04 bits per heavy atom. The minimum Gasteiger partial charge on any atom is -0.349 e. The number of nitrogens with one attached hydrogen (secondary N) is 2. The number of hydrogen-bond donors (Lipinski definition) is 2. The summed E-state index contributed by atoms with van der Waals surface area (Å²) in [6, 6.07) is 5.76. The van der Waals surface area contributed by atoms with Crippen LogP contribution in [0.2, 0.25) is 0 Å². The van der Waals surface area contributed by atoms with Gasteiger partial charge in [0.2, 0.25) is 5.91 Å². The Kier molecular flexibility index (Phi) is 5.59. The number of H-pyrrole nitrogens is 1. The van der Waals surface area contributed by atoms with Crippen LogP contribution in [-0.2, 0) is 11.3 Å². The molecule has 0 spiro atoms. The van der Waals surface area contributed by atoms with Crippen LogP contribution < -0.4 is 11.0 Å². The Labute approximate surface area is 137 Å². The maximum absolute atomic E-state index is 12.9. The third kappa shape index (κ3) is 4.22. The minimum atomic E-state index is -0.418. The van der Waals surface area contributed by atoms with E-state index in [1.54, 1.807) is 19.1 Å². The van der Waals surface area contributed by atoms with E-state index in [1.165, 1.54) is 28.5 Å². The van der Waals surface area contributed by atoms with Gasteiger partial charge in [-0.1, -0.05) is 23.9 Å². The minimum absolute atomic E-state index is 0.176. The molecular weight excluding hydrogens is 319 g/mol. The van der Waals surface area contributed by atoms with Crippen LogP contribution in [0.25, 0.3) is 0 Å². The van der Waals surface area contributed by atoms with Gasteiger partial charge < -0.3 is 5.32 Å². The standard InChI is InChI=1S/C15H19FN4O2S/c1-4-20-14(22)18-19-15(20)23-10(3)13(21)17-9(2)11-5-7-12(16)8-6-11/h5-10H,4H2,1-3H3,(H,17,21)(H,18,22)/t9-,10+/m1/s1. The molecule has 124 valence electrons. The second kappa shape index (κ2) is 7.45. The van der Waals surface area contributed by atoms with Gasteiger partial charge in [-0.2, -0.15) is 0 Å². The summed E-state index contributed by atoms with van der Waals surface area (Å²) >= 11 is 1.21. The largest absolute Gasteiger partial charge is 0.349 e. The zero-order valence-electron chi connectivity index (χ0n) is 13.2. The summed E-state index contributed by atoms with van der Waals surface area (Å²) in [7, 11) is 0. The van der Waals surface area contributed by atoms with Crippen molar-refractivity contribution in [3.8, 4) is 0 Å². The molecule has 6 nitrogen and oxygen atoms in total. The summed E-state index contributed by atoms with van der Waals surface area (Å²) in [5, 5.41) is 9.23. The lowest BCUT2D eigenvalue weighted by Gasteiger charge is -2.17. The van der Waals surface area contributed by atoms with Crippen molar-refractivity contribution in [3.05, 3.63) is 46.1 Å². The lowest BCUT2D eigenvalue weighted by Crippen LogP contribution is -2.33. The molecule has 1 amide bonds. The molecule has 0 bridgehead atoms. The van der Waals surface area contributed by atoms with Gasteiger partial charge in [-0.05, 0) is 38.5 Å². The van der Waals surface area contributed by atoms with Gasteiger partial charge in [-0.25, -0.2) is 14.3 Å². The molecule has 2 atom stereocenters. The molecule has 23 heavy (non-hydrogen) atoms. The topological polar surface area (TPSA) is 79.8 Å². The van der Waals surface area contributed by atoms with Crippen molar-refractivity contribution >= 4 is 17.7 Å². The molecule has 1 aromatic heterocycles. The van der Waals surface area contributed by atoms with E-state index in [0.29, 0.717) is 11.7 Å². The molecule has 2 aromatic rings. The number of rotatable bonds is 6. The molecule has 0 radical (unpaired) electrons. The van der Waals surface area contributed by atoms with Gasteiger partial charge in [0.25, 0.3) is 0 Å². The Bertz CT molecular complexity index is 726. The quantitative estimate of drug-likeness (QED) is 0.791. The molecule has 0 fully saturated rings. The molecule has 0 saturated heterocycles. The number of thioether (sulfide) groups is 1. The lowest BCUT2D eigenvalue weighted by atomic mass is 10.1. The predicted molar refractivity (Wildman–Crippen MR) is 86.8 cm³/mol. The predicted octanol–water partition coefficient (Wildman–Crippen LogP) is 2.09. The molecule has 2 N–H and O–H groups in total. The summed E-state index contributed by atoms with van der Waals surface area (Å²) in [6.07, 6.45) is 0. The Balaban J connectivity index is 1.99. The van der Waals surface area contributed by atoms with Crippen LogP contribution in [0.4, 0.5) is 4.39 Å². The molecule has 8 heteroatoms. The van der Waals surface area contributed by atoms with Gasteiger partial charge >= 0.3 is 5.69 Å². The highest BCUT2D eigenvalue weighted by Gasteiger charge is 2.20. The van der Waals surface area contributed by atoms with Crippen molar-refractivity contribution < 1.29 is 9.18 Å². The third-order valence-corrected chi connectivity index (χ3v) is 4.51. The smallest absolute Gasteiger partial charge is 0.343 e. The van der Waals surface area contributed by atoms with Crippen LogP contribution in [-0.4, -0.2) is 25.9 Å². The Morgan fingerprint density at radius 1 is 1.39 bits per heavy atom. The van der Waals surface area contributed by atoms with Crippen LogP contribution in [0.3, 0.4) is 0 Å². The number of aromatic amines is 1. The summed E-state index contributed by atoms with van der Waals surface area (Å²) in [4.78, 5) is 23.8. The Morgan fingerprint density at radius 3 is 2.65 bits per heavy atom. The van der Waals surface area contributed by atoms with Crippen molar-refractivity contribution in [2.45, 2.75) is 43.8 Å². The molecule has 2 rings (SSSR count). The first kappa shape index (κ1) is 17.3. The van der Waals surface area contributed by atoms with Gasteiger partial charge in [-0.3, -0.25) is 9.36 Å². The molecule has 0 aliphatic rings. The number of benzene rings is 1. The highest BCUT2D eigenvalue weighted by molar-refractivity contribution is 8.00. The van der Waals surface area contributed by atoms with E-state index >= 15 is 0 Å². The highest BCUT2D eigenvalue weighted by atomic mass is 32.2. The number of aromatic nitrogens is 3. The Hall–Kier alpha value is -2.09. The van der Waals surface area contributed by atoms with E-state index in [4.69, 9.17) is 0 Å². The first-order valence-electron chi connectivity index (χ1n) is 7.30. The maximum Gasteiger partial charge on any atom is 0.343 e. The normalized spacial score (nSPS) is 13.6. The van der Waals surface area contributed by atoms with Gasteiger partial charge in [-0.15, -0.1) is 5.10 Å². The molecule has 0 aliphatic heterocycles. The van der Waals surface area contributed by atoms with Crippen LogP contribution in [0.5, 0.6) is 0 Å². The van der Waals surface area contributed by atoms with Gasteiger partial charge in [0.05, 0.1) is 11.3 Å². The number of carbonyl (C=O) groups is 1. The molecule has 0 aliphatic carbocycles. The fraction of sp³-hybridized carbons (Fsp3) is 0.400. The van der Waals surface area contributed by atoms with Crippen molar-refractivity contribution in [2.75, 3.05) is 0 Å². The zero-order chi connectivity index (χ0) is 17.0. The van der Waals surface area contributed by atoms with E-state index in [0.717, 1.165) is 5.56 Å². The average Bonchev–Trinajstić information content (AvgIpc) is 2.87. The highest BCUT2D eigenvalue weighted by Crippen LogP contribution is 2.21. The van der Waals surface area contributed by atoms with Gasteiger partial charge in [0, 0.05) is 6.54 Å². The molecule has 0 unspecified atom stereocenters. The van der Waals surface area contributed by atoms with E-state index in [9.17, 15) is 14.0 Å². The second-order valence-electron chi connectivity index (χ2n) is 5.10. The molecule has 1 heterocycles. The average molecular weight is 338 g/mol. The first-order valence-corrected chi connectivity index (χ1v) is 8.18. The monoisotopic (exact) mass is 338 g/mol. The SMILES string of the molecule is CCn1c(S[C@@H](C)C(=O)N[C@H](C)c2ccc(F)cc2)n[nH]c1=O. The van der Waals surface area contributed by atoms with Crippen LogP contribution in [0.1, 0.15) is 32.4 Å². The van der Waals surface area contributed by atoms with E-state index in [-0.39, 0.29) is 23.5 Å². The fourth-order valence-corrected chi connectivity index (χ4v) is 2.98. The van der Waals surface area contributed by atoms with Crippen molar-refractivity contribution in [1.29, 1.82) is 0 Å². The van der Waals surface area contributed by atoms with Crippen molar-refractivity contribution in [2.24, 2.45) is 0 Å². The molecular formula is C15H19FN4O2S. The summed E-state index contributed by atoms with van der Waals surface area (Å²) < 4.78 is 14.4. The van der Waals surface area contributed by atoms with Gasteiger partial charge in [0.1, 0.15) is 5.82 Å². The maximum atomic E-state index is 12.9. The van der Waals surface area contributed by atoms with Crippen molar-refractivity contribution in [1.82, 2.24) is 20.1 Å². The first-order chi connectivity index (χ1) is 10.9. The number of carbonyl (C=O) groups excluding carboxylic acids is 1. The second-order valence-corrected chi connectivity index (χ2v) is 6.41. The van der Waals surface area contributed by atoms with E-state index < -0.39 is 5.25 Å². The summed E-state index contributed by atoms with van der Waals surface area (Å²) in [6.45, 7) is 5.90. The molecule has 1 aromatic carbocycles. The lowest BCUT2D eigenvalue weighted by molar-refractivity contribution is -0.120. The fourth-order valence-electron chi connectivity index (χ4n) is 2.05. The zero-order valence-corrected chi connectivity index (χ0v) is 14.0. The number of halogens is 1. The van der Waals surface area contributed by atoms with Crippen LogP contribution in [0.15, 0.2) is 34.2 Å². The van der Waals surface area contributed by atoms with E-state index in [1.807, 2.05) is 13.8 Å². The number of hydrogen-bond acceptors (Lipinski definition) is 4. The number of nitrogens with zero attached hydrogens (tertiary/aromatic N) is 2. The molecule has 0 saturated carbocycles. The van der Waals surface area contributed by atoms with E-state index in [2.05, 4.69) is 15.5 Å². The number of amides is 1. The summed E-state index contributed by atoms with van der Waals surface area (Å²) in [5.41, 5.74) is 0.532. The third-order valence-electron chi connectivity index (χ3n) is 3.42.